The second-order valence-electron chi connectivity index (χ2n) is 8.32. The first kappa shape index (κ1) is 23.9. The van der Waals surface area contributed by atoms with Gasteiger partial charge in [0.2, 0.25) is 11.8 Å². The van der Waals surface area contributed by atoms with Gasteiger partial charge in [0.1, 0.15) is 5.60 Å². The molecule has 164 valence electrons. The van der Waals surface area contributed by atoms with Crippen LogP contribution >= 0.6 is 15.9 Å². The number of alkyl carbamates (subject to hydrolysis) is 1. The number of carbonyl (C=O) groups is 3. The third-order valence-corrected chi connectivity index (χ3v) is 5.07. The zero-order valence-electron chi connectivity index (χ0n) is 17.7. The van der Waals surface area contributed by atoms with Crippen molar-refractivity contribution in [3.63, 3.8) is 0 Å². The smallest absolute Gasteiger partial charge is 0.408 e. The molecule has 2 N–H and O–H groups in total. The quantitative estimate of drug-likeness (QED) is 0.612. The van der Waals surface area contributed by atoms with Crippen molar-refractivity contribution in [1.82, 2.24) is 15.5 Å². The van der Waals surface area contributed by atoms with Gasteiger partial charge in [-0.2, -0.15) is 0 Å². The summed E-state index contributed by atoms with van der Waals surface area (Å²) in [7, 11) is 0. The molecule has 1 saturated heterocycles. The summed E-state index contributed by atoms with van der Waals surface area (Å²) >= 11 is 3.42. The summed E-state index contributed by atoms with van der Waals surface area (Å²) in [5.41, 5.74) is 0.370. The lowest BCUT2D eigenvalue weighted by molar-refractivity contribution is -0.127. The van der Waals surface area contributed by atoms with Gasteiger partial charge in [-0.15, -0.1) is 0 Å². The lowest BCUT2D eigenvalue weighted by Crippen LogP contribution is -2.43. The van der Waals surface area contributed by atoms with Gasteiger partial charge >= 0.3 is 6.09 Å². The zero-order chi connectivity index (χ0) is 22.1. The van der Waals surface area contributed by atoms with Gasteiger partial charge in [-0.3, -0.25) is 9.59 Å². The molecule has 3 amide bonds. The molecule has 1 heterocycles. The average molecular weight is 480 g/mol. The van der Waals surface area contributed by atoms with Crippen LogP contribution in [0.2, 0.25) is 0 Å². The molecule has 0 spiro atoms. The summed E-state index contributed by atoms with van der Waals surface area (Å²) in [5.74, 6) is 0.0592. The monoisotopic (exact) mass is 479 g/mol. The van der Waals surface area contributed by atoms with Crippen LogP contribution in [0.1, 0.15) is 39.2 Å². The molecule has 7 nitrogen and oxygen atoms in total. The fourth-order valence-electron chi connectivity index (χ4n) is 3.03. The molecule has 0 atom stereocenters. The van der Waals surface area contributed by atoms with E-state index in [0.717, 1.165) is 22.9 Å². The first-order chi connectivity index (χ1) is 14.1. The van der Waals surface area contributed by atoms with Crippen LogP contribution in [0.4, 0.5) is 4.79 Å². The van der Waals surface area contributed by atoms with Gasteiger partial charge in [0, 0.05) is 30.2 Å². The van der Waals surface area contributed by atoms with Crippen LogP contribution in [-0.4, -0.2) is 54.6 Å². The van der Waals surface area contributed by atoms with Gasteiger partial charge in [-0.05, 0) is 63.3 Å². The van der Waals surface area contributed by atoms with Crippen LogP contribution in [0, 0.1) is 5.92 Å². The molecule has 0 radical (unpaired) electrons. The largest absolute Gasteiger partial charge is 0.444 e. The van der Waals surface area contributed by atoms with E-state index in [-0.39, 0.29) is 18.4 Å². The summed E-state index contributed by atoms with van der Waals surface area (Å²) in [5, 5.41) is 5.28. The van der Waals surface area contributed by atoms with Crippen molar-refractivity contribution >= 4 is 39.9 Å². The molecule has 0 aliphatic carbocycles. The van der Waals surface area contributed by atoms with Gasteiger partial charge in [0.05, 0.1) is 6.54 Å². The Hall–Kier alpha value is -2.35. The minimum atomic E-state index is -0.611. The molecule has 1 fully saturated rings. The van der Waals surface area contributed by atoms with Crippen LogP contribution < -0.4 is 10.6 Å². The highest BCUT2D eigenvalue weighted by Crippen LogP contribution is 2.17. The standard InChI is InChI=1S/C22H30BrN3O4/c1-22(2,3)30-21(29)25-15-19(27)24-14-17-9-11-26(12-10-17)20(28)8-7-16-5-4-6-18(23)13-16/h4-8,13,17H,9-12,14-15H2,1-3H3,(H,24,27)(H,25,29)/b8-7+. The highest BCUT2D eigenvalue weighted by Gasteiger charge is 2.22. The summed E-state index contributed by atoms with van der Waals surface area (Å²) in [6.07, 6.45) is 4.47. The van der Waals surface area contributed by atoms with Crippen molar-refractivity contribution < 1.29 is 19.1 Å². The summed E-state index contributed by atoms with van der Waals surface area (Å²) in [6, 6.07) is 7.77. The van der Waals surface area contributed by atoms with E-state index in [2.05, 4.69) is 26.6 Å². The Morgan fingerprint density at radius 1 is 1.20 bits per heavy atom. The highest BCUT2D eigenvalue weighted by molar-refractivity contribution is 9.10. The molecular weight excluding hydrogens is 450 g/mol. The third-order valence-electron chi connectivity index (χ3n) is 4.57. The van der Waals surface area contributed by atoms with Crippen LogP contribution in [0.15, 0.2) is 34.8 Å². The Morgan fingerprint density at radius 3 is 2.53 bits per heavy atom. The number of ether oxygens (including phenoxy) is 1. The van der Waals surface area contributed by atoms with E-state index in [0.29, 0.717) is 25.6 Å². The first-order valence-corrected chi connectivity index (χ1v) is 10.9. The minimum Gasteiger partial charge on any atom is -0.444 e. The lowest BCUT2D eigenvalue weighted by Gasteiger charge is -2.31. The number of hydrogen-bond donors (Lipinski definition) is 2. The molecule has 1 aromatic carbocycles. The predicted molar refractivity (Wildman–Crippen MR) is 120 cm³/mol. The number of amides is 3. The van der Waals surface area contributed by atoms with E-state index >= 15 is 0 Å². The van der Waals surface area contributed by atoms with Crippen LogP contribution in [0.3, 0.4) is 0 Å². The number of carbonyl (C=O) groups excluding carboxylic acids is 3. The molecule has 30 heavy (non-hydrogen) atoms. The van der Waals surface area contributed by atoms with E-state index in [4.69, 9.17) is 4.74 Å². The molecule has 0 bridgehead atoms. The van der Waals surface area contributed by atoms with E-state index in [1.54, 1.807) is 26.8 Å². The summed E-state index contributed by atoms with van der Waals surface area (Å²) < 4.78 is 6.07. The Morgan fingerprint density at radius 2 is 1.90 bits per heavy atom. The fraction of sp³-hybridized carbons (Fsp3) is 0.500. The normalized spacial score (nSPS) is 15.1. The summed E-state index contributed by atoms with van der Waals surface area (Å²) in [6.45, 7) is 7.04. The van der Waals surface area contributed by atoms with Crippen molar-refractivity contribution in [3.05, 3.63) is 40.4 Å². The van der Waals surface area contributed by atoms with Crippen molar-refractivity contribution in [2.45, 2.75) is 39.2 Å². The molecule has 0 unspecified atom stereocenters. The molecule has 8 heteroatoms. The van der Waals surface area contributed by atoms with Crippen molar-refractivity contribution in [2.24, 2.45) is 5.92 Å². The third kappa shape index (κ3) is 8.98. The van der Waals surface area contributed by atoms with Crippen LogP contribution in [0.25, 0.3) is 6.08 Å². The second-order valence-corrected chi connectivity index (χ2v) is 9.23. The molecule has 0 aromatic heterocycles. The predicted octanol–water partition coefficient (Wildman–Crippen LogP) is 3.34. The number of hydrogen-bond acceptors (Lipinski definition) is 4. The fourth-order valence-corrected chi connectivity index (χ4v) is 3.44. The number of halogens is 1. The SMILES string of the molecule is CC(C)(C)OC(=O)NCC(=O)NCC1CCN(C(=O)/C=C/c2cccc(Br)c2)CC1. The number of benzene rings is 1. The van der Waals surface area contributed by atoms with Gasteiger partial charge in [0.25, 0.3) is 0 Å². The number of nitrogens with zero attached hydrogens (tertiary/aromatic N) is 1. The van der Waals surface area contributed by atoms with Gasteiger partial charge in [0.15, 0.2) is 0 Å². The van der Waals surface area contributed by atoms with Crippen molar-refractivity contribution in [3.8, 4) is 0 Å². The van der Waals surface area contributed by atoms with Crippen LogP contribution in [-0.2, 0) is 14.3 Å². The Balaban J connectivity index is 1.66. The van der Waals surface area contributed by atoms with Gasteiger partial charge in [-0.25, -0.2) is 4.79 Å². The average Bonchev–Trinajstić information content (AvgIpc) is 2.68. The Labute approximate surface area is 186 Å². The Kier molecular flexibility index (Phi) is 8.89. The molecular formula is C22H30BrN3O4. The maximum atomic E-state index is 12.4. The van der Waals surface area contributed by atoms with Gasteiger partial charge in [-0.1, -0.05) is 28.1 Å². The topological polar surface area (TPSA) is 87.7 Å². The van der Waals surface area contributed by atoms with Crippen molar-refractivity contribution in [1.29, 1.82) is 0 Å². The van der Waals surface area contributed by atoms with E-state index < -0.39 is 11.7 Å². The van der Waals surface area contributed by atoms with Crippen molar-refractivity contribution in [2.75, 3.05) is 26.2 Å². The molecule has 1 aromatic rings. The Bertz CT molecular complexity index is 781. The molecule has 2 rings (SSSR count). The molecule has 0 saturated carbocycles. The summed E-state index contributed by atoms with van der Waals surface area (Å²) in [4.78, 5) is 37.7. The number of rotatable bonds is 6. The highest BCUT2D eigenvalue weighted by atomic mass is 79.9. The zero-order valence-corrected chi connectivity index (χ0v) is 19.3. The number of piperidine rings is 1. The van der Waals surface area contributed by atoms with E-state index in [1.165, 1.54) is 0 Å². The maximum absolute atomic E-state index is 12.4. The molecule has 1 aliphatic rings. The van der Waals surface area contributed by atoms with E-state index in [9.17, 15) is 14.4 Å². The first-order valence-electron chi connectivity index (χ1n) is 10.1. The lowest BCUT2D eigenvalue weighted by atomic mass is 9.96. The maximum Gasteiger partial charge on any atom is 0.408 e. The van der Waals surface area contributed by atoms with E-state index in [1.807, 2.05) is 35.2 Å². The minimum absolute atomic E-state index is 0.000906. The second kappa shape index (κ2) is 11.2. The number of nitrogens with one attached hydrogen (secondary N) is 2. The molecule has 1 aliphatic heterocycles. The van der Waals surface area contributed by atoms with Gasteiger partial charge < -0.3 is 20.3 Å². The number of likely N-dealkylation sites (tertiary alicyclic amines) is 1. The van der Waals surface area contributed by atoms with Crippen LogP contribution in [0.5, 0.6) is 0 Å².